The highest BCUT2D eigenvalue weighted by Crippen LogP contribution is 2.23. The van der Waals surface area contributed by atoms with Crippen LogP contribution in [0.25, 0.3) is 0 Å². The van der Waals surface area contributed by atoms with E-state index in [4.69, 9.17) is 0 Å². The maximum Gasteiger partial charge on any atom is 0.161 e. The highest BCUT2D eigenvalue weighted by molar-refractivity contribution is 5.30. The Kier molecular flexibility index (Phi) is 3.33. The van der Waals surface area contributed by atoms with Crippen molar-refractivity contribution in [2.75, 3.05) is 13.1 Å². The zero-order valence-corrected chi connectivity index (χ0v) is 10.8. The van der Waals surface area contributed by atoms with Gasteiger partial charge in [-0.3, -0.25) is 0 Å². The minimum Gasteiger partial charge on any atom is -0.331 e. The first-order valence-electron chi connectivity index (χ1n) is 7.07. The summed E-state index contributed by atoms with van der Waals surface area (Å²) in [5.74, 6) is 1.84. The van der Waals surface area contributed by atoms with E-state index in [0.717, 1.165) is 38.3 Å². The predicted octanol–water partition coefficient (Wildman–Crippen LogP) is 1.63. The van der Waals surface area contributed by atoms with E-state index in [1.807, 2.05) is 0 Å². The fourth-order valence-electron chi connectivity index (χ4n) is 3.22. The standard InChI is InChI=1S/C14H20N4/c15-9-12-13-5-1-2-7-18(13)14(17-12)8-11-4-3-6-16-10-11/h11,16H,1-8,10H2. The number of nitrogens with zero attached hydrogens (tertiary/aromatic N) is 3. The fraction of sp³-hybridized carbons (Fsp3) is 0.714. The van der Waals surface area contributed by atoms with Crippen molar-refractivity contribution in [3.63, 3.8) is 0 Å². The summed E-state index contributed by atoms with van der Waals surface area (Å²) in [5.41, 5.74) is 1.86. The Morgan fingerprint density at radius 2 is 2.33 bits per heavy atom. The molecule has 4 nitrogen and oxygen atoms in total. The lowest BCUT2D eigenvalue weighted by molar-refractivity contribution is 0.363. The number of fused-ring (bicyclic) bond motifs is 1. The summed E-state index contributed by atoms with van der Waals surface area (Å²) < 4.78 is 2.32. The Morgan fingerprint density at radius 3 is 3.11 bits per heavy atom. The molecule has 0 radical (unpaired) electrons. The van der Waals surface area contributed by atoms with Gasteiger partial charge in [0.1, 0.15) is 11.9 Å². The molecule has 0 aliphatic carbocycles. The topological polar surface area (TPSA) is 53.6 Å². The molecular formula is C14H20N4. The third-order valence-corrected chi connectivity index (χ3v) is 4.17. The highest BCUT2D eigenvalue weighted by Gasteiger charge is 2.22. The van der Waals surface area contributed by atoms with E-state index < -0.39 is 0 Å². The van der Waals surface area contributed by atoms with E-state index >= 15 is 0 Å². The van der Waals surface area contributed by atoms with Gasteiger partial charge in [-0.2, -0.15) is 5.26 Å². The average Bonchev–Trinajstić information content (AvgIpc) is 2.78. The lowest BCUT2D eigenvalue weighted by Gasteiger charge is -2.23. The van der Waals surface area contributed by atoms with E-state index in [9.17, 15) is 5.26 Å². The van der Waals surface area contributed by atoms with E-state index in [0.29, 0.717) is 11.6 Å². The zero-order valence-electron chi connectivity index (χ0n) is 10.8. The first-order chi connectivity index (χ1) is 8.88. The SMILES string of the molecule is N#Cc1nc(CC2CCCNC2)n2c1CCCC2. The average molecular weight is 244 g/mol. The van der Waals surface area contributed by atoms with Crippen molar-refractivity contribution in [2.45, 2.75) is 45.1 Å². The van der Waals surface area contributed by atoms with Crippen molar-refractivity contribution in [3.8, 4) is 6.07 Å². The van der Waals surface area contributed by atoms with Gasteiger partial charge in [-0.05, 0) is 51.1 Å². The number of hydrogen-bond donors (Lipinski definition) is 1. The van der Waals surface area contributed by atoms with Gasteiger partial charge in [0, 0.05) is 13.0 Å². The third kappa shape index (κ3) is 2.15. The van der Waals surface area contributed by atoms with Crippen LogP contribution in [-0.2, 0) is 19.4 Å². The first-order valence-corrected chi connectivity index (χ1v) is 7.07. The minimum atomic E-state index is 0.675. The Hall–Kier alpha value is -1.34. The maximum absolute atomic E-state index is 9.17. The van der Waals surface area contributed by atoms with Crippen LogP contribution in [0.2, 0.25) is 0 Å². The molecule has 0 spiro atoms. The van der Waals surface area contributed by atoms with Gasteiger partial charge >= 0.3 is 0 Å². The molecule has 3 heterocycles. The number of hydrogen-bond acceptors (Lipinski definition) is 3. The quantitative estimate of drug-likeness (QED) is 0.860. The van der Waals surface area contributed by atoms with Crippen molar-refractivity contribution in [3.05, 3.63) is 17.2 Å². The normalized spacial score (nSPS) is 23.4. The third-order valence-electron chi connectivity index (χ3n) is 4.17. The number of imidazole rings is 1. The second-order valence-corrected chi connectivity index (χ2v) is 5.46. The molecule has 0 aromatic carbocycles. The van der Waals surface area contributed by atoms with Gasteiger partial charge in [0.2, 0.25) is 0 Å². The van der Waals surface area contributed by atoms with Crippen LogP contribution < -0.4 is 5.32 Å². The van der Waals surface area contributed by atoms with E-state index in [-0.39, 0.29) is 0 Å². The lowest BCUT2D eigenvalue weighted by atomic mass is 9.96. The summed E-state index contributed by atoms with van der Waals surface area (Å²) in [6, 6.07) is 2.27. The van der Waals surface area contributed by atoms with E-state index in [1.165, 1.54) is 31.4 Å². The van der Waals surface area contributed by atoms with Crippen molar-refractivity contribution in [2.24, 2.45) is 5.92 Å². The van der Waals surface area contributed by atoms with Crippen LogP contribution in [0.1, 0.15) is 42.9 Å². The molecule has 18 heavy (non-hydrogen) atoms. The van der Waals surface area contributed by atoms with Crippen LogP contribution in [0.3, 0.4) is 0 Å². The molecule has 2 aliphatic heterocycles. The predicted molar refractivity (Wildman–Crippen MR) is 69.2 cm³/mol. The molecule has 0 amide bonds. The highest BCUT2D eigenvalue weighted by atomic mass is 15.1. The molecule has 1 aromatic rings. The Bertz CT molecular complexity index is 463. The van der Waals surface area contributed by atoms with Crippen LogP contribution in [0.4, 0.5) is 0 Å². The van der Waals surface area contributed by atoms with E-state index in [1.54, 1.807) is 0 Å². The fourth-order valence-corrected chi connectivity index (χ4v) is 3.22. The smallest absolute Gasteiger partial charge is 0.161 e. The van der Waals surface area contributed by atoms with Crippen LogP contribution in [0.15, 0.2) is 0 Å². The van der Waals surface area contributed by atoms with Gasteiger partial charge in [-0.1, -0.05) is 0 Å². The van der Waals surface area contributed by atoms with Crippen molar-refractivity contribution in [1.29, 1.82) is 5.26 Å². The summed E-state index contributed by atoms with van der Waals surface area (Å²) in [7, 11) is 0. The number of aromatic nitrogens is 2. The van der Waals surface area contributed by atoms with Crippen LogP contribution in [0.5, 0.6) is 0 Å². The number of nitrogens with one attached hydrogen (secondary N) is 1. The molecule has 3 rings (SSSR count). The molecule has 1 atom stereocenters. The molecule has 2 aliphatic rings. The summed E-state index contributed by atoms with van der Waals surface area (Å²) in [5, 5.41) is 12.6. The Labute approximate surface area is 108 Å². The second-order valence-electron chi connectivity index (χ2n) is 5.46. The van der Waals surface area contributed by atoms with Gasteiger partial charge in [0.15, 0.2) is 5.69 Å². The van der Waals surface area contributed by atoms with Gasteiger partial charge in [-0.15, -0.1) is 0 Å². The number of piperidine rings is 1. The largest absolute Gasteiger partial charge is 0.331 e. The Balaban J connectivity index is 1.83. The van der Waals surface area contributed by atoms with Crippen LogP contribution in [-0.4, -0.2) is 22.6 Å². The van der Waals surface area contributed by atoms with Gasteiger partial charge in [0.05, 0.1) is 5.69 Å². The molecule has 0 saturated carbocycles. The summed E-state index contributed by atoms with van der Waals surface area (Å²) >= 11 is 0. The van der Waals surface area contributed by atoms with Crippen LogP contribution in [0, 0.1) is 17.2 Å². The van der Waals surface area contributed by atoms with Crippen LogP contribution >= 0.6 is 0 Å². The minimum absolute atomic E-state index is 0.675. The molecule has 0 bridgehead atoms. The summed E-state index contributed by atoms with van der Waals surface area (Å²) in [4.78, 5) is 4.58. The van der Waals surface area contributed by atoms with Crippen molar-refractivity contribution in [1.82, 2.24) is 14.9 Å². The molecule has 1 fully saturated rings. The summed E-state index contributed by atoms with van der Waals surface area (Å²) in [6.45, 7) is 3.31. The van der Waals surface area contributed by atoms with E-state index in [2.05, 4.69) is 20.9 Å². The number of nitriles is 1. The summed E-state index contributed by atoms with van der Waals surface area (Å²) in [6.07, 6.45) is 7.04. The monoisotopic (exact) mass is 244 g/mol. The molecule has 96 valence electrons. The van der Waals surface area contributed by atoms with Crippen molar-refractivity contribution < 1.29 is 0 Å². The zero-order chi connectivity index (χ0) is 12.4. The van der Waals surface area contributed by atoms with Gasteiger partial charge in [0.25, 0.3) is 0 Å². The molecule has 4 heteroatoms. The molecule has 1 unspecified atom stereocenters. The molecule has 1 aromatic heterocycles. The molecule has 1 saturated heterocycles. The molecular weight excluding hydrogens is 224 g/mol. The van der Waals surface area contributed by atoms with Crippen molar-refractivity contribution >= 4 is 0 Å². The Morgan fingerprint density at radius 1 is 1.39 bits per heavy atom. The first kappa shape index (κ1) is 11.7. The van der Waals surface area contributed by atoms with Gasteiger partial charge < -0.3 is 9.88 Å². The lowest BCUT2D eigenvalue weighted by Crippen LogP contribution is -2.31. The molecule has 1 N–H and O–H groups in total. The van der Waals surface area contributed by atoms with Gasteiger partial charge in [-0.25, -0.2) is 4.98 Å². The second kappa shape index (κ2) is 5.11. The maximum atomic E-state index is 9.17. The number of rotatable bonds is 2.